The molecule has 0 saturated carbocycles. The Hall–Kier alpha value is -2.92. The third kappa shape index (κ3) is 5.55. The largest absolute Gasteiger partial charge is 0.396 e. The van der Waals surface area contributed by atoms with Gasteiger partial charge in [0.25, 0.3) is 0 Å². The number of nitrogens with zero attached hydrogens (tertiary/aromatic N) is 3. The van der Waals surface area contributed by atoms with Crippen LogP contribution in [0.2, 0.25) is 0 Å². The summed E-state index contributed by atoms with van der Waals surface area (Å²) in [5.41, 5.74) is 2.22. The second kappa shape index (κ2) is 8.62. The number of H-pyrrole nitrogens is 1. The third-order valence-electron chi connectivity index (χ3n) is 4.27. The number of rotatable bonds is 9. The highest BCUT2D eigenvalue weighted by Crippen LogP contribution is 2.24. The maximum Gasteiger partial charge on any atom is 0.231 e. The van der Waals surface area contributed by atoms with Gasteiger partial charge in [0.15, 0.2) is 11.5 Å². The van der Waals surface area contributed by atoms with Crippen molar-refractivity contribution < 1.29 is 13.5 Å². The van der Waals surface area contributed by atoms with Gasteiger partial charge in [0, 0.05) is 18.3 Å². The number of hydrogen-bond donors (Lipinski definition) is 5. The normalized spacial score (nSPS) is 12.9. The molecule has 0 bridgehead atoms. The molecule has 0 saturated heterocycles. The second-order valence-electron chi connectivity index (χ2n) is 7.08. The van der Waals surface area contributed by atoms with Crippen LogP contribution in [-0.4, -0.2) is 52.4 Å². The zero-order chi connectivity index (χ0) is 21.0. The van der Waals surface area contributed by atoms with Gasteiger partial charge in [-0.05, 0) is 30.5 Å². The first kappa shape index (κ1) is 20.8. The van der Waals surface area contributed by atoms with Crippen LogP contribution in [0.15, 0.2) is 30.6 Å². The van der Waals surface area contributed by atoms with Crippen LogP contribution in [0.25, 0.3) is 11.2 Å². The molecule has 29 heavy (non-hydrogen) atoms. The molecule has 0 amide bonds. The van der Waals surface area contributed by atoms with Gasteiger partial charge in [-0.15, -0.1) is 0 Å². The van der Waals surface area contributed by atoms with Crippen molar-refractivity contribution in [1.29, 1.82) is 0 Å². The van der Waals surface area contributed by atoms with E-state index in [1.54, 1.807) is 30.6 Å². The number of fused-ring (bicyclic) bond motifs is 1. The van der Waals surface area contributed by atoms with E-state index >= 15 is 0 Å². The molecule has 11 heteroatoms. The number of nitrogens with one attached hydrogen (secondary N) is 4. The molecule has 156 valence electrons. The first-order chi connectivity index (χ1) is 13.7. The predicted octanol–water partition coefficient (Wildman–Crippen LogP) is 2.29. The van der Waals surface area contributed by atoms with Crippen LogP contribution in [0.1, 0.15) is 20.3 Å². The molecule has 1 atom stereocenters. The number of imidazole rings is 1. The summed E-state index contributed by atoms with van der Waals surface area (Å²) in [7, 11) is -3.37. The molecule has 0 spiro atoms. The van der Waals surface area contributed by atoms with E-state index in [-0.39, 0.29) is 18.6 Å². The molecule has 5 N–H and O–H groups in total. The maximum absolute atomic E-state index is 11.4. The van der Waals surface area contributed by atoms with Gasteiger partial charge in [-0.1, -0.05) is 19.9 Å². The quantitative estimate of drug-likeness (QED) is 0.355. The third-order valence-corrected chi connectivity index (χ3v) is 4.87. The summed E-state index contributed by atoms with van der Waals surface area (Å²) in [4.78, 5) is 16.2. The van der Waals surface area contributed by atoms with Crippen LogP contribution in [0.4, 0.5) is 23.1 Å². The second-order valence-corrected chi connectivity index (χ2v) is 8.83. The standard InChI is InChI=1S/C18H25N7O3S/c1-11(2)14(7-8-26)22-17-15-16(20-10-19-15)23-18(24-17)21-12-5-4-6-13(9-12)25-29(3,27)28/h4-6,9-11,14,25-26H,7-8H2,1-3H3,(H3,19,20,21,22,23,24)/t14-/m1/s1. The van der Waals surface area contributed by atoms with Crippen molar-refractivity contribution >= 4 is 44.3 Å². The molecular weight excluding hydrogens is 394 g/mol. The van der Waals surface area contributed by atoms with E-state index in [2.05, 4.69) is 49.1 Å². The maximum atomic E-state index is 11.4. The van der Waals surface area contributed by atoms with Crippen LogP contribution in [0, 0.1) is 5.92 Å². The first-order valence-corrected chi connectivity index (χ1v) is 11.1. The minimum absolute atomic E-state index is 0.0185. The summed E-state index contributed by atoms with van der Waals surface area (Å²) in [6, 6.07) is 6.83. The van der Waals surface area contributed by atoms with E-state index in [0.29, 0.717) is 40.7 Å². The number of aromatic amines is 1. The van der Waals surface area contributed by atoms with Crippen molar-refractivity contribution in [2.75, 3.05) is 28.2 Å². The van der Waals surface area contributed by atoms with Crippen LogP contribution < -0.4 is 15.4 Å². The Balaban J connectivity index is 1.90. The molecule has 0 fully saturated rings. The number of hydrogen-bond acceptors (Lipinski definition) is 8. The van der Waals surface area contributed by atoms with Gasteiger partial charge in [0.05, 0.1) is 18.3 Å². The van der Waals surface area contributed by atoms with Crippen molar-refractivity contribution in [1.82, 2.24) is 19.9 Å². The van der Waals surface area contributed by atoms with Gasteiger partial charge in [0.1, 0.15) is 5.52 Å². The van der Waals surface area contributed by atoms with E-state index in [9.17, 15) is 13.5 Å². The lowest BCUT2D eigenvalue weighted by molar-refractivity contribution is 0.267. The molecular formula is C18H25N7O3S. The number of anilines is 4. The summed E-state index contributed by atoms with van der Waals surface area (Å²) < 4.78 is 25.3. The highest BCUT2D eigenvalue weighted by atomic mass is 32.2. The van der Waals surface area contributed by atoms with E-state index in [1.807, 2.05) is 0 Å². The van der Waals surface area contributed by atoms with Crippen molar-refractivity contribution in [3.8, 4) is 0 Å². The number of sulfonamides is 1. The zero-order valence-electron chi connectivity index (χ0n) is 16.5. The molecule has 0 aliphatic carbocycles. The molecule has 2 heterocycles. The zero-order valence-corrected chi connectivity index (χ0v) is 17.3. The Morgan fingerprint density at radius 3 is 2.66 bits per heavy atom. The van der Waals surface area contributed by atoms with Crippen LogP contribution in [0.5, 0.6) is 0 Å². The number of aromatic nitrogens is 4. The van der Waals surface area contributed by atoms with Crippen LogP contribution in [0.3, 0.4) is 0 Å². The van der Waals surface area contributed by atoms with Gasteiger partial charge in [-0.3, -0.25) is 4.72 Å². The number of aliphatic hydroxyl groups excluding tert-OH is 1. The highest BCUT2D eigenvalue weighted by Gasteiger charge is 2.17. The monoisotopic (exact) mass is 419 g/mol. The summed E-state index contributed by atoms with van der Waals surface area (Å²) >= 11 is 0. The van der Waals surface area contributed by atoms with Gasteiger partial charge < -0.3 is 20.7 Å². The average molecular weight is 420 g/mol. The summed E-state index contributed by atoms with van der Waals surface area (Å²) in [5, 5.41) is 15.8. The summed E-state index contributed by atoms with van der Waals surface area (Å²) in [6.07, 6.45) is 3.22. The van der Waals surface area contributed by atoms with Crippen LogP contribution >= 0.6 is 0 Å². The van der Waals surface area contributed by atoms with E-state index in [0.717, 1.165) is 6.26 Å². The van der Waals surface area contributed by atoms with Gasteiger partial charge in [-0.25, -0.2) is 13.4 Å². The fourth-order valence-electron chi connectivity index (χ4n) is 2.88. The fraction of sp³-hybridized carbons (Fsp3) is 0.389. The Morgan fingerprint density at radius 1 is 1.21 bits per heavy atom. The molecule has 1 aromatic carbocycles. The Morgan fingerprint density at radius 2 is 1.97 bits per heavy atom. The smallest absolute Gasteiger partial charge is 0.231 e. The molecule has 2 aromatic heterocycles. The van der Waals surface area contributed by atoms with Crippen molar-refractivity contribution in [3.63, 3.8) is 0 Å². The van der Waals surface area contributed by atoms with Gasteiger partial charge >= 0.3 is 0 Å². The molecule has 10 nitrogen and oxygen atoms in total. The molecule has 0 radical (unpaired) electrons. The van der Waals surface area contributed by atoms with E-state index in [1.165, 1.54) is 0 Å². The predicted molar refractivity (Wildman–Crippen MR) is 114 cm³/mol. The van der Waals surface area contributed by atoms with Crippen molar-refractivity contribution in [2.45, 2.75) is 26.3 Å². The minimum atomic E-state index is -3.37. The van der Waals surface area contributed by atoms with Crippen LogP contribution in [-0.2, 0) is 10.0 Å². The van der Waals surface area contributed by atoms with E-state index < -0.39 is 10.0 Å². The molecule has 3 rings (SSSR count). The van der Waals surface area contributed by atoms with Crippen molar-refractivity contribution in [3.05, 3.63) is 30.6 Å². The SMILES string of the molecule is CC(C)[C@@H](CCO)Nc1nc(Nc2cccc(NS(C)(=O)=O)c2)nc2[nH]cnc12. The summed E-state index contributed by atoms with van der Waals surface area (Å²) in [5.74, 6) is 1.16. The Labute approximate surface area is 169 Å². The lowest BCUT2D eigenvalue weighted by Crippen LogP contribution is -2.27. The minimum Gasteiger partial charge on any atom is -0.396 e. The van der Waals surface area contributed by atoms with Crippen molar-refractivity contribution in [2.24, 2.45) is 5.92 Å². The molecule has 3 aromatic rings. The topological polar surface area (TPSA) is 145 Å². The number of benzene rings is 1. The van der Waals surface area contributed by atoms with Gasteiger partial charge in [-0.2, -0.15) is 9.97 Å². The highest BCUT2D eigenvalue weighted by molar-refractivity contribution is 7.92. The Kier molecular flexibility index (Phi) is 6.18. The lowest BCUT2D eigenvalue weighted by atomic mass is 10.0. The average Bonchev–Trinajstić information content (AvgIpc) is 3.08. The van der Waals surface area contributed by atoms with E-state index in [4.69, 9.17) is 0 Å². The summed E-state index contributed by atoms with van der Waals surface area (Å²) in [6.45, 7) is 4.20. The lowest BCUT2D eigenvalue weighted by Gasteiger charge is -2.22. The Bertz CT molecular complexity index is 1080. The first-order valence-electron chi connectivity index (χ1n) is 9.18. The molecule has 0 aliphatic rings. The fourth-order valence-corrected chi connectivity index (χ4v) is 3.44. The number of aliphatic hydroxyl groups is 1. The molecule has 0 aliphatic heterocycles. The molecule has 0 unspecified atom stereocenters. The van der Waals surface area contributed by atoms with Gasteiger partial charge in [0.2, 0.25) is 16.0 Å².